The first-order valence-electron chi connectivity index (χ1n) is 8.59. The molecular weight excluding hydrogens is 260 g/mol. The second-order valence-electron chi connectivity index (χ2n) is 6.40. The van der Waals surface area contributed by atoms with E-state index in [0.717, 1.165) is 43.6 Å². The normalized spacial score (nSPS) is 12.0. The summed E-state index contributed by atoms with van der Waals surface area (Å²) in [7, 11) is 0. The lowest BCUT2D eigenvalue weighted by atomic mass is 10.0. The maximum Gasteiger partial charge on any atom is 0.118 e. The molecule has 3 heteroatoms. The molecular formula is C18H34N2O. The molecule has 0 radical (unpaired) electrons. The molecule has 0 atom stereocenters. The maximum atomic E-state index is 5.94. The Morgan fingerprint density at radius 3 is 2.33 bits per heavy atom. The van der Waals surface area contributed by atoms with E-state index in [2.05, 4.69) is 57.0 Å². The minimum absolute atomic E-state index is 0.676. The highest BCUT2D eigenvalue weighted by Crippen LogP contribution is 2.15. The van der Waals surface area contributed by atoms with Crippen LogP contribution in [0.4, 0.5) is 0 Å². The van der Waals surface area contributed by atoms with Crippen LogP contribution < -0.4 is 5.32 Å². The first kappa shape index (κ1) is 18.2. The summed E-state index contributed by atoms with van der Waals surface area (Å²) >= 11 is 0. The second-order valence-corrected chi connectivity index (χ2v) is 6.40. The third-order valence-electron chi connectivity index (χ3n) is 4.07. The topological polar surface area (TPSA) is 28.4 Å². The highest BCUT2D eigenvalue weighted by atomic mass is 16.3. The van der Waals surface area contributed by atoms with E-state index in [9.17, 15) is 0 Å². The van der Waals surface area contributed by atoms with E-state index < -0.39 is 0 Å². The molecule has 1 N–H and O–H groups in total. The molecule has 0 bridgehead atoms. The maximum absolute atomic E-state index is 5.94. The Balaban J connectivity index is 2.44. The van der Waals surface area contributed by atoms with E-state index in [4.69, 9.17) is 4.42 Å². The van der Waals surface area contributed by atoms with Crippen molar-refractivity contribution in [2.45, 2.75) is 60.5 Å². The second kappa shape index (κ2) is 10.0. The molecule has 1 aromatic heterocycles. The van der Waals surface area contributed by atoms with Crippen molar-refractivity contribution in [1.82, 2.24) is 10.2 Å². The zero-order chi connectivity index (χ0) is 15.7. The van der Waals surface area contributed by atoms with E-state index in [0.29, 0.717) is 5.92 Å². The number of hydrogen-bond donors (Lipinski definition) is 1. The molecule has 0 fully saturated rings. The highest BCUT2D eigenvalue weighted by Gasteiger charge is 2.12. The van der Waals surface area contributed by atoms with Crippen molar-refractivity contribution in [3.05, 3.63) is 23.7 Å². The van der Waals surface area contributed by atoms with Crippen LogP contribution in [0.15, 0.2) is 16.5 Å². The van der Waals surface area contributed by atoms with Gasteiger partial charge in [0.15, 0.2) is 0 Å². The Labute approximate surface area is 131 Å². The van der Waals surface area contributed by atoms with Crippen LogP contribution in [0.1, 0.15) is 59.0 Å². The van der Waals surface area contributed by atoms with Crippen LogP contribution in [-0.2, 0) is 13.1 Å². The van der Waals surface area contributed by atoms with Gasteiger partial charge >= 0.3 is 0 Å². The van der Waals surface area contributed by atoms with Crippen LogP contribution in [0, 0.1) is 11.8 Å². The summed E-state index contributed by atoms with van der Waals surface area (Å²) in [6, 6.07) is 4.23. The van der Waals surface area contributed by atoms with Gasteiger partial charge in [-0.1, -0.05) is 47.5 Å². The molecule has 0 aliphatic heterocycles. The molecule has 21 heavy (non-hydrogen) atoms. The van der Waals surface area contributed by atoms with Crippen molar-refractivity contribution in [1.29, 1.82) is 0 Å². The first-order valence-corrected chi connectivity index (χ1v) is 8.59. The largest absolute Gasteiger partial charge is 0.463 e. The van der Waals surface area contributed by atoms with Crippen molar-refractivity contribution in [2.75, 3.05) is 19.6 Å². The first-order chi connectivity index (χ1) is 10.1. The quantitative estimate of drug-likeness (QED) is 0.660. The van der Waals surface area contributed by atoms with Crippen molar-refractivity contribution >= 4 is 0 Å². The van der Waals surface area contributed by atoms with Gasteiger partial charge in [-0.15, -0.1) is 0 Å². The number of rotatable bonds is 11. The van der Waals surface area contributed by atoms with Gasteiger partial charge in [0.2, 0.25) is 0 Å². The molecule has 0 saturated carbocycles. The van der Waals surface area contributed by atoms with Crippen LogP contribution in [0.2, 0.25) is 0 Å². The number of furan rings is 1. The molecule has 1 heterocycles. The summed E-state index contributed by atoms with van der Waals surface area (Å²) in [5.74, 6) is 3.61. The fraction of sp³-hybridized carbons (Fsp3) is 0.778. The molecule has 0 amide bonds. The smallest absolute Gasteiger partial charge is 0.118 e. The van der Waals surface area contributed by atoms with Crippen LogP contribution >= 0.6 is 0 Å². The summed E-state index contributed by atoms with van der Waals surface area (Å²) in [6.07, 6.45) is 2.52. The average molecular weight is 294 g/mol. The number of hydrogen-bond acceptors (Lipinski definition) is 3. The van der Waals surface area contributed by atoms with Gasteiger partial charge in [0, 0.05) is 6.54 Å². The monoisotopic (exact) mass is 294 g/mol. The molecule has 1 aromatic rings. The van der Waals surface area contributed by atoms with E-state index in [-0.39, 0.29) is 0 Å². The highest BCUT2D eigenvalue weighted by molar-refractivity contribution is 5.07. The molecule has 0 spiro atoms. The van der Waals surface area contributed by atoms with Gasteiger partial charge in [-0.3, -0.25) is 4.90 Å². The minimum Gasteiger partial charge on any atom is -0.463 e. The fourth-order valence-electron chi connectivity index (χ4n) is 2.52. The third kappa shape index (κ3) is 7.14. The molecule has 122 valence electrons. The summed E-state index contributed by atoms with van der Waals surface area (Å²) < 4.78 is 5.94. The molecule has 1 rings (SSSR count). The van der Waals surface area contributed by atoms with Crippen LogP contribution in [-0.4, -0.2) is 24.5 Å². The van der Waals surface area contributed by atoms with Crippen molar-refractivity contribution in [3.63, 3.8) is 0 Å². The van der Waals surface area contributed by atoms with Gasteiger partial charge in [0.1, 0.15) is 11.5 Å². The fourth-order valence-corrected chi connectivity index (χ4v) is 2.52. The Morgan fingerprint density at radius 1 is 1.10 bits per heavy atom. The molecule has 0 aliphatic rings. The molecule has 0 saturated heterocycles. The third-order valence-corrected chi connectivity index (χ3v) is 4.07. The Morgan fingerprint density at radius 2 is 1.76 bits per heavy atom. The van der Waals surface area contributed by atoms with Crippen LogP contribution in [0.3, 0.4) is 0 Å². The summed E-state index contributed by atoms with van der Waals surface area (Å²) in [5.41, 5.74) is 0. The molecule has 3 nitrogen and oxygen atoms in total. The number of nitrogens with zero attached hydrogens (tertiary/aromatic N) is 1. The standard InChI is InChI=1S/C18H34N2O/c1-6-16(7-2)13-20(8-3)14-18-10-9-17(21-18)12-19-11-15(4)5/h9-10,15-16,19H,6-8,11-14H2,1-5H3. The summed E-state index contributed by atoms with van der Waals surface area (Å²) in [6.45, 7) is 16.3. The van der Waals surface area contributed by atoms with Gasteiger partial charge in [-0.2, -0.15) is 0 Å². The molecule has 0 aromatic carbocycles. The van der Waals surface area contributed by atoms with E-state index in [1.165, 1.54) is 19.4 Å². The number of nitrogens with one attached hydrogen (secondary N) is 1. The van der Waals surface area contributed by atoms with Gasteiger partial charge in [-0.25, -0.2) is 0 Å². The van der Waals surface area contributed by atoms with E-state index in [1.807, 2.05) is 0 Å². The summed E-state index contributed by atoms with van der Waals surface area (Å²) in [5, 5.41) is 3.42. The van der Waals surface area contributed by atoms with Crippen LogP contribution in [0.25, 0.3) is 0 Å². The van der Waals surface area contributed by atoms with E-state index in [1.54, 1.807) is 0 Å². The average Bonchev–Trinajstić information content (AvgIpc) is 2.90. The summed E-state index contributed by atoms with van der Waals surface area (Å²) in [4.78, 5) is 2.49. The minimum atomic E-state index is 0.676. The van der Waals surface area contributed by atoms with Gasteiger partial charge in [0.25, 0.3) is 0 Å². The van der Waals surface area contributed by atoms with Crippen molar-refractivity contribution in [2.24, 2.45) is 11.8 Å². The molecule has 0 aliphatic carbocycles. The Hall–Kier alpha value is -0.800. The lowest BCUT2D eigenvalue weighted by Crippen LogP contribution is -2.28. The zero-order valence-corrected chi connectivity index (χ0v) is 14.6. The predicted molar refractivity (Wildman–Crippen MR) is 90.3 cm³/mol. The van der Waals surface area contributed by atoms with Crippen molar-refractivity contribution < 1.29 is 4.42 Å². The van der Waals surface area contributed by atoms with Gasteiger partial charge in [-0.05, 0) is 37.1 Å². The van der Waals surface area contributed by atoms with Gasteiger partial charge < -0.3 is 9.73 Å². The predicted octanol–water partition coefficient (Wildman–Crippen LogP) is 4.28. The Bertz CT molecular complexity index is 369. The SMILES string of the molecule is CCC(CC)CN(CC)Cc1ccc(CNCC(C)C)o1. The van der Waals surface area contributed by atoms with Crippen molar-refractivity contribution in [3.8, 4) is 0 Å². The van der Waals surface area contributed by atoms with Gasteiger partial charge in [0.05, 0.1) is 13.1 Å². The lowest BCUT2D eigenvalue weighted by molar-refractivity contribution is 0.209. The lowest BCUT2D eigenvalue weighted by Gasteiger charge is -2.24. The molecule has 0 unspecified atom stereocenters. The van der Waals surface area contributed by atoms with E-state index >= 15 is 0 Å². The van der Waals surface area contributed by atoms with Crippen LogP contribution in [0.5, 0.6) is 0 Å². The zero-order valence-electron chi connectivity index (χ0n) is 14.6. The Kier molecular flexibility index (Phi) is 8.70.